The number of aryl methyl sites for hydroxylation is 2. The van der Waals surface area contributed by atoms with Crippen LogP contribution in [0, 0.1) is 13.8 Å². The quantitative estimate of drug-likeness (QED) is 0.874. The Morgan fingerprint density at radius 2 is 2.04 bits per heavy atom. The summed E-state index contributed by atoms with van der Waals surface area (Å²) < 4.78 is 27.2. The lowest BCUT2D eigenvalue weighted by molar-refractivity contribution is 0.151. The third-order valence-corrected chi connectivity index (χ3v) is 3.94. The molecule has 0 fully saturated rings. The third kappa shape index (κ3) is 4.31. The molecule has 5 nitrogen and oxygen atoms in total. The van der Waals surface area contributed by atoms with Crippen LogP contribution >= 0.6 is 0 Å². The van der Waals surface area contributed by atoms with Gasteiger partial charge < -0.3 is 10.6 Å². The highest BCUT2D eigenvalue weighted by Crippen LogP contribution is 2.21. The average molecular weight is 336 g/mol. The number of amides is 2. The Hall–Kier alpha value is -2.44. The number of urea groups is 1. The van der Waals surface area contributed by atoms with Crippen LogP contribution in [0.15, 0.2) is 24.3 Å². The largest absolute Gasteiger partial charge is 0.335 e. The van der Waals surface area contributed by atoms with E-state index in [9.17, 15) is 13.6 Å². The summed E-state index contributed by atoms with van der Waals surface area (Å²) in [6.07, 6.45) is -1.92. The van der Waals surface area contributed by atoms with Gasteiger partial charge in [0.15, 0.2) is 0 Å². The second-order valence-corrected chi connectivity index (χ2v) is 5.90. The summed E-state index contributed by atoms with van der Waals surface area (Å²) in [4.78, 5) is 12.0. The minimum atomic E-state index is -2.56. The normalized spacial score (nSPS) is 12.3. The van der Waals surface area contributed by atoms with Crippen LogP contribution in [0.25, 0.3) is 0 Å². The van der Waals surface area contributed by atoms with Crippen molar-refractivity contribution >= 4 is 11.7 Å². The van der Waals surface area contributed by atoms with Gasteiger partial charge >= 0.3 is 6.03 Å². The molecule has 7 heteroatoms. The minimum absolute atomic E-state index is 0.120. The van der Waals surface area contributed by atoms with Crippen LogP contribution in [0.1, 0.15) is 35.9 Å². The number of nitrogens with zero attached hydrogens (tertiary/aromatic N) is 2. The second-order valence-electron chi connectivity index (χ2n) is 5.90. The van der Waals surface area contributed by atoms with Crippen LogP contribution in [0.5, 0.6) is 0 Å². The standard InChI is InChI=1S/C17H22F2N4O/c1-10(8-15-11(2)22-23(4)12(15)3)20-17(24)21-14-7-5-6-13(9-14)16(18)19/h5-7,9-10,16H,8H2,1-4H3,(H2,20,21,24). The smallest absolute Gasteiger partial charge is 0.319 e. The van der Waals surface area contributed by atoms with Gasteiger partial charge in [0.2, 0.25) is 0 Å². The Labute approximate surface area is 140 Å². The lowest BCUT2D eigenvalue weighted by atomic mass is 10.1. The molecule has 0 aliphatic rings. The highest BCUT2D eigenvalue weighted by atomic mass is 19.3. The molecule has 2 N–H and O–H groups in total. The van der Waals surface area contributed by atoms with Crippen molar-refractivity contribution in [1.82, 2.24) is 15.1 Å². The van der Waals surface area contributed by atoms with Crippen LogP contribution in [0.4, 0.5) is 19.3 Å². The second kappa shape index (κ2) is 7.42. The molecule has 0 spiro atoms. The molecule has 0 bridgehead atoms. The molecular weight excluding hydrogens is 314 g/mol. The number of anilines is 1. The van der Waals surface area contributed by atoms with Gasteiger partial charge in [0.25, 0.3) is 6.43 Å². The van der Waals surface area contributed by atoms with Crippen LogP contribution in [0.3, 0.4) is 0 Å². The molecule has 0 aliphatic carbocycles. The van der Waals surface area contributed by atoms with Gasteiger partial charge in [-0.15, -0.1) is 0 Å². The molecule has 130 valence electrons. The number of hydrogen-bond acceptors (Lipinski definition) is 2. The molecule has 1 atom stereocenters. The summed E-state index contributed by atoms with van der Waals surface area (Å²) in [5.41, 5.74) is 3.32. The first-order chi connectivity index (χ1) is 11.3. The maximum absolute atomic E-state index is 12.7. The molecular formula is C17H22F2N4O. The zero-order valence-corrected chi connectivity index (χ0v) is 14.2. The molecule has 0 saturated carbocycles. The van der Waals surface area contributed by atoms with E-state index in [2.05, 4.69) is 15.7 Å². The first-order valence-electron chi connectivity index (χ1n) is 7.72. The highest BCUT2D eigenvalue weighted by Gasteiger charge is 2.15. The maximum atomic E-state index is 12.7. The molecule has 1 aromatic heterocycles. The number of rotatable bonds is 5. The van der Waals surface area contributed by atoms with E-state index in [1.807, 2.05) is 32.5 Å². The van der Waals surface area contributed by atoms with Crippen LogP contribution in [-0.2, 0) is 13.5 Å². The summed E-state index contributed by atoms with van der Waals surface area (Å²) in [5, 5.41) is 9.75. The van der Waals surface area contributed by atoms with E-state index in [0.717, 1.165) is 17.0 Å². The molecule has 24 heavy (non-hydrogen) atoms. The van der Waals surface area contributed by atoms with Gasteiger partial charge in [-0.25, -0.2) is 13.6 Å². The molecule has 2 amide bonds. The predicted octanol–water partition coefficient (Wildman–Crippen LogP) is 3.73. The third-order valence-electron chi connectivity index (χ3n) is 3.94. The number of aromatic nitrogens is 2. The van der Waals surface area contributed by atoms with E-state index < -0.39 is 12.5 Å². The first kappa shape index (κ1) is 17.9. The maximum Gasteiger partial charge on any atom is 0.319 e. The Kier molecular flexibility index (Phi) is 5.54. The number of hydrogen-bond donors (Lipinski definition) is 2. The van der Waals surface area contributed by atoms with Gasteiger partial charge in [-0.05, 0) is 44.9 Å². The lowest BCUT2D eigenvalue weighted by Gasteiger charge is -2.15. The van der Waals surface area contributed by atoms with Crippen LogP contribution in [-0.4, -0.2) is 21.9 Å². The van der Waals surface area contributed by atoms with Gasteiger partial charge in [0.05, 0.1) is 5.69 Å². The Balaban J connectivity index is 1.95. The van der Waals surface area contributed by atoms with E-state index in [0.29, 0.717) is 12.1 Å². The Morgan fingerprint density at radius 3 is 2.62 bits per heavy atom. The minimum Gasteiger partial charge on any atom is -0.335 e. The number of alkyl halides is 2. The van der Waals surface area contributed by atoms with E-state index in [1.165, 1.54) is 18.2 Å². The van der Waals surface area contributed by atoms with Crippen molar-refractivity contribution in [2.45, 2.75) is 39.7 Å². The van der Waals surface area contributed by atoms with Crippen molar-refractivity contribution in [2.75, 3.05) is 5.32 Å². The summed E-state index contributed by atoms with van der Waals surface area (Å²) >= 11 is 0. The Morgan fingerprint density at radius 1 is 1.33 bits per heavy atom. The Bertz CT molecular complexity index is 727. The average Bonchev–Trinajstić information content (AvgIpc) is 2.73. The topological polar surface area (TPSA) is 59.0 Å². The van der Waals surface area contributed by atoms with Crippen molar-refractivity contribution < 1.29 is 13.6 Å². The van der Waals surface area contributed by atoms with Crippen molar-refractivity contribution in [1.29, 1.82) is 0 Å². The fourth-order valence-electron chi connectivity index (χ4n) is 2.61. The number of halogens is 2. The zero-order chi connectivity index (χ0) is 17.9. The molecule has 1 heterocycles. The highest BCUT2D eigenvalue weighted by molar-refractivity contribution is 5.89. The summed E-state index contributed by atoms with van der Waals surface area (Å²) in [6.45, 7) is 5.81. The van der Waals surface area contributed by atoms with Gasteiger partial charge in [0, 0.05) is 30.0 Å². The van der Waals surface area contributed by atoms with Gasteiger partial charge in [-0.1, -0.05) is 12.1 Å². The van der Waals surface area contributed by atoms with E-state index in [1.54, 1.807) is 6.07 Å². The number of nitrogens with one attached hydrogen (secondary N) is 2. The molecule has 0 radical (unpaired) electrons. The van der Waals surface area contributed by atoms with Crippen LogP contribution < -0.4 is 10.6 Å². The van der Waals surface area contributed by atoms with E-state index >= 15 is 0 Å². The SMILES string of the molecule is Cc1nn(C)c(C)c1CC(C)NC(=O)Nc1cccc(C(F)F)c1. The molecule has 0 aliphatic heterocycles. The van der Waals surface area contributed by atoms with E-state index in [-0.39, 0.29) is 11.6 Å². The number of carbonyl (C=O) groups excluding carboxylic acids is 1. The first-order valence-corrected chi connectivity index (χ1v) is 7.72. The number of carbonyl (C=O) groups is 1. The monoisotopic (exact) mass is 336 g/mol. The van der Waals surface area contributed by atoms with Crippen molar-refractivity contribution in [3.8, 4) is 0 Å². The summed E-state index contributed by atoms with van der Waals surface area (Å²) in [6, 6.07) is 5.11. The number of benzene rings is 1. The van der Waals surface area contributed by atoms with Gasteiger partial charge in [0.1, 0.15) is 0 Å². The molecule has 1 unspecified atom stereocenters. The van der Waals surface area contributed by atoms with Crippen molar-refractivity contribution in [3.63, 3.8) is 0 Å². The van der Waals surface area contributed by atoms with Crippen molar-refractivity contribution in [2.24, 2.45) is 7.05 Å². The lowest BCUT2D eigenvalue weighted by Crippen LogP contribution is -2.37. The predicted molar refractivity (Wildman–Crippen MR) is 89.4 cm³/mol. The molecule has 2 rings (SSSR count). The van der Waals surface area contributed by atoms with Crippen molar-refractivity contribution in [3.05, 3.63) is 46.8 Å². The molecule has 1 aromatic carbocycles. The summed E-state index contributed by atoms with van der Waals surface area (Å²) in [5.74, 6) is 0. The summed E-state index contributed by atoms with van der Waals surface area (Å²) in [7, 11) is 1.88. The molecule has 2 aromatic rings. The van der Waals surface area contributed by atoms with Crippen LogP contribution in [0.2, 0.25) is 0 Å². The zero-order valence-electron chi connectivity index (χ0n) is 14.2. The fraction of sp³-hybridized carbons (Fsp3) is 0.412. The molecule has 0 saturated heterocycles. The van der Waals surface area contributed by atoms with Gasteiger partial charge in [-0.2, -0.15) is 5.10 Å². The van der Waals surface area contributed by atoms with Gasteiger partial charge in [-0.3, -0.25) is 4.68 Å². The van der Waals surface area contributed by atoms with E-state index in [4.69, 9.17) is 0 Å². The fourth-order valence-corrected chi connectivity index (χ4v) is 2.61.